The monoisotopic (exact) mass is 430 g/mol. The normalized spacial score (nSPS) is 18.2. The molecule has 3 N–H and O–H groups in total. The molecule has 3 aromatic rings. The molecule has 6 nitrogen and oxygen atoms in total. The fourth-order valence-electron chi connectivity index (χ4n) is 4.29. The molecule has 2 amide bonds. The Morgan fingerprint density at radius 1 is 0.969 bits per heavy atom. The number of nitrogens with one attached hydrogen (secondary N) is 1. The summed E-state index contributed by atoms with van der Waals surface area (Å²) in [5, 5.41) is 3.08. The van der Waals surface area contributed by atoms with E-state index in [1.807, 2.05) is 71.8 Å². The van der Waals surface area contributed by atoms with Crippen LogP contribution in [0.2, 0.25) is 0 Å². The lowest BCUT2D eigenvalue weighted by atomic mass is 9.90. The van der Waals surface area contributed by atoms with Crippen LogP contribution < -0.4 is 21.5 Å². The highest BCUT2D eigenvalue weighted by atomic mass is 16.2. The number of amides is 2. The number of pyridine rings is 1. The summed E-state index contributed by atoms with van der Waals surface area (Å²) in [6.07, 6.45) is 5.45. The molecule has 1 aliphatic carbocycles. The summed E-state index contributed by atoms with van der Waals surface area (Å²) in [6.45, 7) is 0.485. The summed E-state index contributed by atoms with van der Waals surface area (Å²) < 4.78 is 1.57. The van der Waals surface area contributed by atoms with E-state index in [9.17, 15) is 9.59 Å². The van der Waals surface area contributed by atoms with Crippen LogP contribution in [0.5, 0.6) is 0 Å². The van der Waals surface area contributed by atoms with Crippen molar-refractivity contribution >= 4 is 11.7 Å². The SMILES string of the molecule is Cn1cc(-c2ccc(N(C(=O)NCc3ccccc3)C3CCC(N)CC3)cc2)ccc1=O. The number of urea groups is 1. The molecule has 0 aliphatic heterocycles. The third-order valence-corrected chi connectivity index (χ3v) is 6.18. The van der Waals surface area contributed by atoms with Gasteiger partial charge in [0, 0.05) is 43.6 Å². The van der Waals surface area contributed by atoms with Crippen molar-refractivity contribution < 1.29 is 4.79 Å². The Kier molecular flexibility index (Phi) is 6.71. The van der Waals surface area contributed by atoms with Gasteiger partial charge in [0.1, 0.15) is 0 Å². The molecule has 1 heterocycles. The molecule has 1 fully saturated rings. The number of carbonyl (C=O) groups is 1. The number of aromatic nitrogens is 1. The first-order valence-corrected chi connectivity index (χ1v) is 11.1. The Bertz CT molecular complexity index is 1100. The van der Waals surface area contributed by atoms with Gasteiger partial charge in [0.05, 0.1) is 0 Å². The van der Waals surface area contributed by atoms with Gasteiger partial charge in [-0.3, -0.25) is 9.69 Å². The Labute approximate surface area is 188 Å². The molecule has 1 aromatic heterocycles. The molecule has 0 unspecified atom stereocenters. The van der Waals surface area contributed by atoms with Gasteiger partial charge in [-0.1, -0.05) is 42.5 Å². The summed E-state index contributed by atoms with van der Waals surface area (Å²) in [4.78, 5) is 26.9. The van der Waals surface area contributed by atoms with E-state index in [0.29, 0.717) is 6.54 Å². The molecular weight excluding hydrogens is 400 g/mol. The van der Waals surface area contributed by atoms with Crippen LogP contribution in [0, 0.1) is 0 Å². The van der Waals surface area contributed by atoms with E-state index in [-0.39, 0.29) is 23.7 Å². The van der Waals surface area contributed by atoms with E-state index in [4.69, 9.17) is 5.73 Å². The van der Waals surface area contributed by atoms with Gasteiger partial charge in [0.2, 0.25) is 5.56 Å². The van der Waals surface area contributed by atoms with E-state index in [1.54, 1.807) is 17.7 Å². The second-order valence-electron chi connectivity index (χ2n) is 8.50. The Morgan fingerprint density at radius 3 is 2.28 bits per heavy atom. The molecule has 32 heavy (non-hydrogen) atoms. The minimum Gasteiger partial charge on any atom is -0.334 e. The van der Waals surface area contributed by atoms with Gasteiger partial charge >= 0.3 is 6.03 Å². The van der Waals surface area contributed by atoms with Gasteiger partial charge in [-0.2, -0.15) is 0 Å². The molecule has 1 aliphatic rings. The van der Waals surface area contributed by atoms with Crippen LogP contribution in [-0.2, 0) is 13.6 Å². The molecule has 0 saturated heterocycles. The minimum atomic E-state index is -0.0933. The number of aryl methyl sites for hydroxylation is 1. The van der Waals surface area contributed by atoms with Crippen molar-refractivity contribution in [3.63, 3.8) is 0 Å². The van der Waals surface area contributed by atoms with E-state index in [2.05, 4.69) is 5.32 Å². The van der Waals surface area contributed by atoms with Crippen molar-refractivity contribution in [2.45, 2.75) is 44.3 Å². The molecule has 4 rings (SSSR count). The number of rotatable bonds is 5. The van der Waals surface area contributed by atoms with Crippen molar-refractivity contribution in [3.8, 4) is 11.1 Å². The summed E-state index contributed by atoms with van der Waals surface area (Å²) in [7, 11) is 1.74. The number of anilines is 1. The predicted molar refractivity (Wildman–Crippen MR) is 129 cm³/mol. The first kappa shape index (κ1) is 21.8. The van der Waals surface area contributed by atoms with Gasteiger partial charge in [-0.15, -0.1) is 0 Å². The maximum absolute atomic E-state index is 13.3. The first-order chi connectivity index (χ1) is 15.5. The second-order valence-corrected chi connectivity index (χ2v) is 8.50. The highest BCUT2D eigenvalue weighted by Gasteiger charge is 2.29. The quantitative estimate of drug-likeness (QED) is 0.641. The molecular formula is C26H30N4O2. The van der Waals surface area contributed by atoms with E-state index in [1.165, 1.54) is 0 Å². The lowest BCUT2D eigenvalue weighted by Crippen LogP contribution is -2.48. The highest BCUT2D eigenvalue weighted by Crippen LogP contribution is 2.29. The van der Waals surface area contributed by atoms with E-state index >= 15 is 0 Å². The van der Waals surface area contributed by atoms with E-state index < -0.39 is 0 Å². The summed E-state index contributed by atoms with van der Waals surface area (Å²) in [5.41, 5.74) is 9.96. The third-order valence-electron chi connectivity index (χ3n) is 6.18. The van der Waals surface area contributed by atoms with E-state index in [0.717, 1.165) is 48.1 Å². The number of carbonyl (C=O) groups excluding carboxylic acids is 1. The topological polar surface area (TPSA) is 80.4 Å². The molecule has 2 aromatic carbocycles. The van der Waals surface area contributed by atoms with Crippen LogP contribution in [0.3, 0.4) is 0 Å². The molecule has 6 heteroatoms. The smallest absolute Gasteiger partial charge is 0.322 e. The largest absolute Gasteiger partial charge is 0.334 e. The van der Waals surface area contributed by atoms with Crippen LogP contribution in [0.1, 0.15) is 31.2 Å². The molecule has 0 atom stereocenters. The lowest BCUT2D eigenvalue weighted by Gasteiger charge is -2.36. The summed E-state index contributed by atoms with van der Waals surface area (Å²) in [5.74, 6) is 0. The van der Waals surface area contributed by atoms with Gasteiger partial charge in [0.25, 0.3) is 0 Å². The number of hydrogen-bond acceptors (Lipinski definition) is 3. The van der Waals surface area contributed by atoms with Crippen molar-refractivity contribution in [1.29, 1.82) is 0 Å². The van der Waals surface area contributed by atoms with Crippen LogP contribution >= 0.6 is 0 Å². The standard InChI is InChI=1S/C26H30N4O2/c1-29-18-21(9-16-25(29)31)20-7-12-23(13-8-20)30(24-14-10-22(27)11-15-24)26(32)28-17-19-5-3-2-4-6-19/h2-9,12-13,16,18,22,24H,10-11,14-15,17,27H2,1H3,(H,28,32). The zero-order chi connectivity index (χ0) is 22.5. The Hall–Kier alpha value is -3.38. The average Bonchev–Trinajstić information content (AvgIpc) is 2.82. The number of hydrogen-bond donors (Lipinski definition) is 2. The minimum absolute atomic E-state index is 0.0397. The predicted octanol–water partition coefficient (Wildman–Crippen LogP) is 4.04. The maximum Gasteiger partial charge on any atom is 0.322 e. The molecule has 0 bridgehead atoms. The van der Waals surface area contributed by atoms with Crippen molar-refractivity contribution in [3.05, 3.63) is 88.8 Å². The van der Waals surface area contributed by atoms with Gasteiger partial charge in [-0.25, -0.2) is 4.79 Å². The van der Waals surface area contributed by atoms with Gasteiger partial charge in [0.15, 0.2) is 0 Å². The summed E-state index contributed by atoms with van der Waals surface area (Å²) in [6, 6.07) is 21.5. The second kappa shape index (κ2) is 9.83. The molecule has 0 spiro atoms. The Morgan fingerprint density at radius 2 is 1.62 bits per heavy atom. The van der Waals surface area contributed by atoms with Crippen LogP contribution in [0.4, 0.5) is 10.5 Å². The highest BCUT2D eigenvalue weighted by molar-refractivity contribution is 5.93. The Balaban J connectivity index is 1.56. The maximum atomic E-state index is 13.3. The number of nitrogens with two attached hydrogens (primary N) is 1. The van der Waals surface area contributed by atoms with Crippen LogP contribution in [-0.4, -0.2) is 22.7 Å². The molecule has 1 saturated carbocycles. The summed E-state index contributed by atoms with van der Waals surface area (Å²) >= 11 is 0. The first-order valence-electron chi connectivity index (χ1n) is 11.1. The van der Waals surface area contributed by atoms with Crippen LogP contribution in [0.25, 0.3) is 11.1 Å². The van der Waals surface area contributed by atoms with Crippen molar-refractivity contribution in [2.75, 3.05) is 4.90 Å². The van der Waals surface area contributed by atoms with Gasteiger partial charge in [-0.05, 0) is 60.6 Å². The molecule has 0 radical (unpaired) electrons. The van der Waals surface area contributed by atoms with Gasteiger partial charge < -0.3 is 15.6 Å². The zero-order valence-corrected chi connectivity index (χ0v) is 18.4. The third kappa shape index (κ3) is 5.08. The zero-order valence-electron chi connectivity index (χ0n) is 18.4. The van der Waals surface area contributed by atoms with Crippen LogP contribution in [0.15, 0.2) is 77.7 Å². The fraction of sp³-hybridized carbons (Fsp3) is 0.308. The number of nitrogens with zero attached hydrogens (tertiary/aromatic N) is 2. The average molecular weight is 431 g/mol. The van der Waals surface area contributed by atoms with Crippen molar-refractivity contribution in [2.24, 2.45) is 12.8 Å². The fourth-order valence-corrected chi connectivity index (χ4v) is 4.29. The lowest BCUT2D eigenvalue weighted by molar-refractivity contribution is 0.240. The molecule has 166 valence electrons. The van der Waals surface area contributed by atoms with Crippen molar-refractivity contribution in [1.82, 2.24) is 9.88 Å². The number of benzene rings is 2.